The van der Waals surface area contributed by atoms with Gasteiger partial charge in [0.2, 0.25) is 0 Å². The van der Waals surface area contributed by atoms with E-state index in [0.717, 1.165) is 0 Å². The number of rotatable bonds is 3. The number of halogens is 2. The molecule has 0 radical (unpaired) electrons. The first kappa shape index (κ1) is 12.3. The van der Waals surface area contributed by atoms with Crippen LogP contribution in [0.15, 0.2) is 18.2 Å². The summed E-state index contributed by atoms with van der Waals surface area (Å²) in [4.78, 5) is 11.4. The van der Waals surface area contributed by atoms with Gasteiger partial charge in [-0.05, 0) is 25.1 Å². The zero-order valence-electron chi connectivity index (χ0n) is 8.38. The molecule has 1 aromatic rings. The van der Waals surface area contributed by atoms with Crippen LogP contribution in [-0.4, -0.2) is 19.1 Å². The Balaban J connectivity index is 2.73. The van der Waals surface area contributed by atoms with E-state index in [1.54, 1.807) is 25.1 Å². The van der Waals surface area contributed by atoms with Crippen molar-refractivity contribution in [3.63, 3.8) is 0 Å². The van der Waals surface area contributed by atoms with E-state index in [1.165, 1.54) is 7.11 Å². The summed E-state index contributed by atoms with van der Waals surface area (Å²) in [5.74, 6) is -0.226. The fourth-order valence-corrected chi connectivity index (χ4v) is 1.22. The molecule has 0 spiro atoms. The van der Waals surface area contributed by atoms with Gasteiger partial charge < -0.3 is 10.1 Å². The van der Waals surface area contributed by atoms with Gasteiger partial charge in [0.1, 0.15) is 6.10 Å². The zero-order chi connectivity index (χ0) is 11.4. The first-order chi connectivity index (χ1) is 7.04. The van der Waals surface area contributed by atoms with Crippen molar-refractivity contribution >= 4 is 34.8 Å². The van der Waals surface area contributed by atoms with Crippen molar-refractivity contribution < 1.29 is 9.53 Å². The molecular weight excluding hydrogens is 237 g/mol. The Bertz CT molecular complexity index is 368. The molecule has 1 rings (SSSR count). The van der Waals surface area contributed by atoms with Crippen LogP contribution < -0.4 is 5.32 Å². The number of benzene rings is 1. The summed E-state index contributed by atoms with van der Waals surface area (Å²) in [6, 6.07) is 4.88. The molecule has 0 bridgehead atoms. The monoisotopic (exact) mass is 247 g/mol. The predicted octanol–water partition coefficient (Wildman–Crippen LogP) is 2.97. The van der Waals surface area contributed by atoms with Gasteiger partial charge in [-0.1, -0.05) is 23.2 Å². The summed E-state index contributed by atoms with van der Waals surface area (Å²) in [5, 5.41) is 3.51. The van der Waals surface area contributed by atoms with Crippen molar-refractivity contribution in [1.29, 1.82) is 0 Å². The second kappa shape index (κ2) is 5.35. The molecular formula is C10H11Cl2NO2. The average molecular weight is 248 g/mol. The number of hydrogen-bond acceptors (Lipinski definition) is 2. The molecule has 15 heavy (non-hydrogen) atoms. The summed E-state index contributed by atoms with van der Waals surface area (Å²) >= 11 is 11.5. The number of ether oxygens (including phenoxy) is 1. The van der Waals surface area contributed by atoms with Gasteiger partial charge in [0, 0.05) is 12.8 Å². The van der Waals surface area contributed by atoms with Crippen molar-refractivity contribution in [1.82, 2.24) is 0 Å². The van der Waals surface area contributed by atoms with Crippen LogP contribution in [0.4, 0.5) is 5.69 Å². The quantitative estimate of drug-likeness (QED) is 0.892. The van der Waals surface area contributed by atoms with Gasteiger partial charge in [-0.3, -0.25) is 4.79 Å². The highest BCUT2D eigenvalue weighted by Gasteiger charge is 2.11. The number of hydrogen-bond donors (Lipinski definition) is 1. The number of methoxy groups -OCH3 is 1. The Morgan fingerprint density at radius 3 is 2.60 bits per heavy atom. The topological polar surface area (TPSA) is 38.3 Å². The minimum atomic E-state index is -0.501. The van der Waals surface area contributed by atoms with Gasteiger partial charge >= 0.3 is 0 Å². The van der Waals surface area contributed by atoms with Crippen LogP contribution in [0.2, 0.25) is 10.0 Å². The second-order valence-electron chi connectivity index (χ2n) is 3.00. The highest BCUT2D eigenvalue weighted by molar-refractivity contribution is 6.42. The van der Waals surface area contributed by atoms with E-state index in [4.69, 9.17) is 27.9 Å². The molecule has 0 saturated heterocycles. The summed E-state index contributed by atoms with van der Waals surface area (Å²) in [6.45, 7) is 1.66. The number of amides is 1. The molecule has 0 fully saturated rings. The highest BCUT2D eigenvalue weighted by Crippen LogP contribution is 2.25. The lowest BCUT2D eigenvalue weighted by Crippen LogP contribution is -2.26. The Morgan fingerprint density at radius 1 is 1.40 bits per heavy atom. The van der Waals surface area contributed by atoms with Crippen molar-refractivity contribution in [3.8, 4) is 0 Å². The number of nitrogens with one attached hydrogen (secondary N) is 1. The number of anilines is 1. The lowest BCUT2D eigenvalue weighted by molar-refractivity contribution is -0.124. The Hall–Kier alpha value is -0.770. The number of carbonyl (C=O) groups is 1. The van der Waals surface area contributed by atoms with Crippen LogP contribution in [0.1, 0.15) is 6.92 Å². The fraction of sp³-hybridized carbons (Fsp3) is 0.300. The summed E-state index contributed by atoms with van der Waals surface area (Å²) in [5.41, 5.74) is 0.596. The molecule has 3 nitrogen and oxygen atoms in total. The van der Waals surface area contributed by atoms with Crippen molar-refractivity contribution in [2.75, 3.05) is 12.4 Å². The largest absolute Gasteiger partial charge is 0.372 e. The van der Waals surface area contributed by atoms with Crippen molar-refractivity contribution in [2.24, 2.45) is 0 Å². The second-order valence-corrected chi connectivity index (χ2v) is 3.81. The van der Waals surface area contributed by atoms with Gasteiger partial charge in [0.15, 0.2) is 0 Å². The molecule has 0 aromatic heterocycles. The minimum absolute atomic E-state index is 0.226. The van der Waals surface area contributed by atoms with E-state index >= 15 is 0 Å². The SMILES string of the molecule is COC(C)C(=O)Nc1ccc(Cl)c(Cl)c1. The summed E-state index contributed by atoms with van der Waals surface area (Å²) in [7, 11) is 1.47. The third-order valence-corrected chi connectivity index (χ3v) is 2.65. The van der Waals surface area contributed by atoms with Crippen LogP contribution >= 0.6 is 23.2 Å². The minimum Gasteiger partial charge on any atom is -0.372 e. The first-order valence-corrected chi connectivity index (χ1v) is 5.09. The molecule has 0 aliphatic carbocycles. The maximum Gasteiger partial charge on any atom is 0.253 e. The van der Waals surface area contributed by atoms with Gasteiger partial charge in [-0.2, -0.15) is 0 Å². The normalized spacial score (nSPS) is 12.3. The Morgan fingerprint density at radius 2 is 2.07 bits per heavy atom. The maximum atomic E-state index is 11.4. The summed E-state index contributed by atoms with van der Waals surface area (Å²) < 4.78 is 4.87. The Kier molecular flexibility index (Phi) is 4.39. The highest BCUT2D eigenvalue weighted by atomic mass is 35.5. The maximum absolute atomic E-state index is 11.4. The molecule has 1 unspecified atom stereocenters. The van der Waals surface area contributed by atoms with E-state index < -0.39 is 6.10 Å². The van der Waals surface area contributed by atoms with E-state index in [9.17, 15) is 4.79 Å². The van der Waals surface area contributed by atoms with Gasteiger partial charge in [0.25, 0.3) is 5.91 Å². The first-order valence-electron chi connectivity index (χ1n) is 4.33. The van der Waals surface area contributed by atoms with E-state index in [-0.39, 0.29) is 5.91 Å². The fourth-order valence-electron chi connectivity index (χ4n) is 0.925. The van der Waals surface area contributed by atoms with Gasteiger partial charge in [-0.15, -0.1) is 0 Å². The Labute approximate surface area is 98.3 Å². The van der Waals surface area contributed by atoms with E-state index in [2.05, 4.69) is 5.32 Å². The molecule has 1 amide bonds. The lowest BCUT2D eigenvalue weighted by Gasteiger charge is -2.10. The molecule has 0 aliphatic rings. The van der Waals surface area contributed by atoms with Gasteiger partial charge in [-0.25, -0.2) is 0 Å². The standard InChI is InChI=1S/C10H11Cl2NO2/c1-6(15-2)10(14)13-7-3-4-8(11)9(12)5-7/h3-6H,1-2H3,(H,13,14). The van der Waals surface area contributed by atoms with Crippen LogP contribution in [0.25, 0.3) is 0 Å². The van der Waals surface area contributed by atoms with Gasteiger partial charge in [0.05, 0.1) is 10.0 Å². The molecule has 0 saturated carbocycles. The smallest absolute Gasteiger partial charge is 0.253 e. The molecule has 0 aliphatic heterocycles. The third kappa shape index (κ3) is 3.38. The molecule has 0 heterocycles. The van der Waals surface area contributed by atoms with Crippen LogP contribution in [-0.2, 0) is 9.53 Å². The van der Waals surface area contributed by atoms with Crippen LogP contribution in [0.5, 0.6) is 0 Å². The molecule has 1 N–H and O–H groups in total. The van der Waals surface area contributed by atoms with E-state index in [0.29, 0.717) is 15.7 Å². The van der Waals surface area contributed by atoms with Crippen LogP contribution in [0, 0.1) is 0 Å². The zero-order valence-corrected chi connectivity index (χ0v) is 9.89. The van der Waals surface area contributed by atoms with Crippen LogP contribution in [0.3, 0.4) is 0 Å². The number of carbonyl (C=O) groups excluding carboxylic acids is 1. The average Bonchev–Trinajstić information content (AvgIpc) is 2.22. The van der Waals surface area contributed by atoms with E-state index in [1.807, 2.05) is 0 Å². The molecule has 82 valence electrons. The lowest BCUT2D eigenvalue weighted by atomic mass is 10.3. The van der Waals surface area contributed by atoms with Crippen molar-refractivity contribution in [3.05, 3.63) is 28.2 Å². The molecule has 5 heteroatoms. The third-order valence-electron chi connectivity index (χ3n) is 1.91. The summed E-state index contributed by atoms with van der Waals surface area (Å²) in [6.07, 6.45) is -0.501. The molecule has 1 atom stereocenters. The predicted molar refractivity (Wildman–Crippen MR) is 61.6 cm³/mol. The molecule has 1 aromatic carbocycles. The van der Waals surface area contributed by atoms with Crippen molar-refractivity contribution in [2.45, 2.75) is 13.0 Å².